The average Bonchev–Trinajstić information content (AvgIpc) is 3.12. The first-order valence-corrected chi connectivity index (χ1v) is 9.17. The SMILES string of the molecule is Cc1cc([C@@H]2[C@@H](c3ccccn3)NC(=S)N2C)c(C)n1-c1ccccc1. The van der Waals surface area contributed by atoms with Gasteiger partial charge in [-0.2, -0.15) is 0 Å². The summed E-state index contributed by atoms with van der Waals surface area (Å²) < 4.78 is 2.31. The summed E-state index contributed by atoms with van der Waals surface area (Å²) in [6.45, 7) is 4.33. The second-order valence-corrected chi connectivity index (χ2v) is 7.12. The zero-order chi connectivity index (χ0) is 18.3. The van der Waals surface area contributed by atoms with Gasteiger partial charge in [-0.3, -0.25) is 4.98 Å². The predicted molar refractivity (Wildman–Crippen MR) is 108 cm³/mol. The average molecular weight is 363 g/mol. The summed E-state index contributed by atoms with van der Waals surface area (Å²) in [6, 6.07) is 18.9. The summed E-state index contributed by atoms with van der Waals surface area (Å²) in [6.07, 6.45) is 1.84. The van der Waals surface area contributed by atoms with Crippen molar-refractivity contribution < 1.29 is 0 Å². The highest BCUT2D eigenvalue weighted by molar-refractivity contribution is 7.80. The van der Waals surface area contributed by atoms with E-state index >= 15 is 0 Å². The van der Waals surface area contributed by atoms with Crippen molar-refractivity contribution in [2.24, 2.45) is 0 Å². The Morgan fingerprint density at radius 3 is 2.46 bits per heavy atom. The van der Waals surface area contributed by atoms with Crippen LogP contribution in [0.15, 0.2) is 60.8 Å². The molecule has 132 valence electrons. The fraction of sp³-hybridized carbons (Fsp3) is 0.238. The van der Waals surface area contributed by atoms with E-state index in [1.807, 2.05) is 24.4 Å². The first-order valence-electron chi connectivity index (χ1n) is 8.76. The summed E-state index contributed by atoms with van der Waals surface area (Å²) in [5.41, 5.74) is 5.91. The standard InChI is InChI=1S/C21H22N4S/c1-14-13-17(15(2)25(14)16-9-5-4-6-10-16)20-19(23-21(26)24(20)3)18-11-7-8-12-22-18/h4-13,19-20H,1-3H3,(H,23,26)/t19-,20-/m1/s1. The molecule has 4 nitrogen and oxygen atoms in total. The molecular weight excluding hydrogens is 340 g/mol. The number of aryl methyl sites for hydroxylation is 1. The van der Waals surface area contributed by atoms with Crippen LogP contribution in [0.1, 0.15) is 34.7 Å². The molecule has 0 aliphatic carbocycles. The fourth-order valence-corrected chi connectivity index (χ4v) is 4.15. The number of rotatable bonds is 3. The van der Waals surface area contributed by atoms with Gasteiger partial charge in [0.1, 0.15) is 0 Å². The minimum Gasteiger partial charge on any atom is -0.352 e. The Bertz CT molecular complexity index is 933. The third kappa shape index (κ3) is 2.69. The molecule has 0 spiro atoms. The van der Waals surface area contributed by atoms with Gasteiger partial charge < -0.3 is 14.8 Å². The number of nitrogens with one attached hydrogen (secondary N) is 1. The number of para-hydroxylation sites is 1. The van der Waals surface area contributed by atoms with Gasteiger partial charge in [-0.25, -0.2) is 0 Å². The van der Waals surface area contributed by atoms with Crippen molar-refractivity contribution in [3.63, 3.8) is 0 Å². The molecule has 1 saturated heterocycles. The molecule has 1 aliphatic rings. The van der Waals surface area contributed by atoms with Crippen molar-refractivity contribution in [1.29, 1.82) is 0 Å². The Balaban J connectivity index is 1.82. The maximum Gasteiger partial charge on any atom is 0.169 e. The third-order valence-electron chi connectivity index (χ3n) is 5.14. The molecule has 0 amide bonds. The molecule has 3 heterocycles. The number of likely N-dealkylation sites (N-methyl/N-ethyl adjacent to an activating group) is 1. The van der Waals surface area contributed by atoms with E-state index in [9.17, 15) is 0 Å². The molecule has 3 aromatic rings. The third-order valence-corrected chi connectivity index (χ3v) is 5.55. The Kier molecular flexibility index (Phi) is 4.24. The Morgan fingerprint density at radius 2 is 1.77 bits per heavy atom. The predicted octanol–water partition coefficient (Wildman–Crippen LogP) is 4.09. The monoisotopic (exact) mass is 362 g/mol. The Labute approximate surface area is 159 Å². The lowest BCUT2D eigenvalue weighted by molar-refractivity contribution is 0.367. The molecule has 2 aromatic heterocycles. The van der Waals surface area contributed by atoms with E-state index in [-0.39, 0.29) is 12.1 Å². The van der Waals surface area contributed by atoms with Crippen LogP contribution < -0.4 is 5.32 Å². The molecule has 0 saturated carbocycles. The van der Waals surface area contributed by atoms with E-state index in [1.165, 1.54) is 22.6 Å². The molecule has 0 radical (unpaired) electrons. The lowest BCUT2D eigenvalue weighted by atomic mass is 9.97. The first-order chi connectivity index (χ1) is 12.6. The van der Waals surface area contributed by atoms with Crippen LogP contribution in [0.2, 0.25) is 0 Å². The smallest absolute Gasteiger partial charge is 0.169 e. The molecular formula is C21H22N4S. The number of thiocarbonyl (C=S) groups is 1. The fourth-order valence-electron chi connectivity index (χ4n) is 3.91. The van der Waals surface area contributed by atoms with Crippen LogP contribution in [0.4, 0.5) is 0 Å². The summed E-state index contributed by atoms with van der Waals surface area (Å²) in [5.74, 6) is 0. The number of hydrogen-bond acceptors (Lipinski definition) is 2. The molecule has 0 unspecified atom stereocenters. The zero-order valence-electron chi connectivity index (χ0n) is 15.2. The van der Waals surface area contributed by atoms with Crippen molar-refractivity contribution in [3.05, 3.63) is 83.4 Å². The van der Waals surface area contributed by atoms with Crippen molar-refractivity contribution in [2.45, 2.75) is 25.9 Å². The van der Waals surface area contributed by atoms with Gasteiger partial charge in [0.15, 0.2) is 5.11 Å². The van der Waals surface area contributed by atoms with E-state index in [2.05, 4.69) is 77.1 Å². The van der Waals surface area contributed by atoms with Gasteiger partial charge in [0.05, 0.1) is 17.8 Å². The van der Waals surface area contributed by atoms with Crippen LogP contribution in [-0.2, 0) is 0 Å². The lowest BCUT2D eigenvalue weighted by Crippen LogP contribution is -2.25. The van der Waals surface area contributed by atoms with Gasteiger partial charge in [0.2, 0.25) is 0 Å². The van der Waals surface area contributed by atoms with E-state index in [0.29, 0.717) is 0 Å². The van der Waals surface area contributed by atoms with Crippen LogP contribution in [0.3, 0.4) is 0 Å². The van der Waals surface area contributed by atoms with Gasteiger partial charge in [-0.05, 0) is 62.0 Å². The summed E-state index contributed by atoms with van der Waals surface area (Å²) in [5, 5.41) is 4.21. The minimum absolute atomic E-state index is 0.0402. The maximum absolute atomic E-state index is 5.55. The van der Waals surface area contributed by atoms with Crippen molar-refractivity contribution in [2.75, 3.05) is 7.05 Å². The number of hydrogen-bond donors (Lipinski definition) is 1. The normalized spacial score (nSPS) is 19.7. The van der Waals surface area contributed by atoms with Gasteiger partial charge in [0.25, 0.3) is 0 Å². The van der Waals surface area contributed by atoms with Crippen molar-refractivity contribution >= 4 is 17.3 Å². The van der Waals surface area contributed by atoms with Crippen LogP contribution >= 0.6 is 12.2 Å². The molecule has 0 bridgehead atoms. The summed E-state index contributed by atoms with van der Waals surface area (Å²) in [7, 11) is 2.05. The largest absolute Gasteiger partial charge is 0.352 e. The second-order valence-electron chi connectivity index (χ2n) is 6.73. The lowest BCUT2D eigenvalue weighted by Gasteiger charge is -2.24. The molecule has 4 rings (SSSR count). The number of nitrogens with zero attached hydrogens (tertiary/aromatic N) is 3. The van der Waals surface area contributed by atoms with Crippen LogP contribution in [0, 0.1) is 13.8 Å². The van der Waals surface area contributed by atoms with Gasteiger partial charge in [-0.15, -0.1) is 0 Å². The first kappa shape index (κ1) is 16.8. The molecule has 26 heavy (non-hydrogen) atoms. The molecule has 1 aromatic carbocycles. The second kappa shape index (κ2) is 6.57. The number of benzene rings is 1. The highest BCUT2D eigenvalue weighted by atomic mass is 32.1. The highest BCUT2D eigenvalue weighted by Gasteiger charge is 2.39. The van der Waals surface area contributed by atoms with Crippen molar-refractivity contribution in [1.82, 2.24) is 19.8 Å². The van der Waals surface area contributed by atoms with E-state index in [1.54, 1.807) is 0 Å². The van der Waals surface area contributed by atoms with Gasteiger partial charge in [-0.1, -0.05) is 24.3 Å². The maximum atomic E-state index is 5.55. The van der Waals surface area contributed by atoms with Crippen LogP contribution in [0.25, 0.3) is 5.69 Å². The van der Waals surface area contributed by atoms with E-state index in [4.69, 9.17) is 12.2 Å². The highest BCUT2D eigenvalue weighted by Crippen LogP contribution is 2.40. The zero-order valence-corrected chi connectivity index (χ0v) is 16.0. The quantitative estimate of drug-likeness (QED) is 0.712. The van der Waals surface area contributed by atoms with Crippen LogP contribution in [-0.4, -0.2) is 26.6 Å². The molecule has 2 atom stereocenters. The molecule has 1 N–H and O–H groups in total. The molecule has 1 fully saturated rings. The molecule has 5 heteroatoms. The van der Waals surface area contributed by atoms with Crippen LogP contribution in [0.5, 0.6) is 0 Å². The molecule has 1 aliphatic heterocycles. The minimum atomic E-state index is 0.0402. The van der Waals surface area contributed by atoms with Gasteiger partial charge in [0, 0.05) is 30.3 Å². The summed E-state index contributed by atoms with van der Waals surface area (Å²) in [4.78, 5) is 6.71. The Morgan fingerprint density at radius 1 is 1.04 bits per heavy atom. The summed E-state index contributed by atoms with van der Waals surface area (Å²) >= 11 is 5.55. The van der Waals surface area contributed by atoms with E-state index < -0.39 is 0 Å². The van der Waals surface area contributed by atoms with Gasteiger partial charge >= 0.3 is 0 Å². The Hall–Kier alpha value is -2.66. The van der Waals surface area contributed by atoms with E-state index in [0.717, 1.165) is 10.8 Å². The van der Waals surface area contributed by atoms with Crippen molar-refractivity contribution in [3.8, 4) is 5.69 Å². The number of pyridine rings is 1. The number of aromatic nitrogens is 2. The topological polar surface area (TPSA) is 33.1 Å².